The van der Waals surface area contributed by atoms with Crippen molar-refractivity contribution in [2.75, 3.05) is 5.43 Å². The quantitative estimate of drug-likeness (QED) is 0.466. The highest BCUT2D eigenvalue weighted by molar-refractivity contribution is 9.10. The maximum absolute atomic E-state index is 12.2. The lowest BCUT2D eigenvalue weighted by Gasteiger charge is -2.07. The molecule has 0 spiro atoms. The summed E-state index contributed by atoms with van der Waals surface area (Å²) in [6.07, 6.45) is 3.57. The highest BCUT2D eigenvalue weighted by Crippen LogP contribution is 2.19. The van der Waals surface area contributed by atoms with Crippen molar-refractivity contribution in [3.63, 3.8) is 0 Å². The van der Waals surface area contributed by atoms with Crippen LogP contribution in [0.4, 0.5) is 5.95 Å². The minimum absolute atomic E-state index is 0.205. The van der Waals surface area contributed by atoms with Gasteiger partial charge in [-0.3, -0.25) is 20.6 Å². The number of carbonyl (C=O) groups is 1. The molecule has 0 fully saturated rings. The van der Waals surface area contributed by atoms with Gasteiger partial charge in [0.15, 0.2) is 0 Å². The van der Waals surface area contributed by atoms with E-state index in [-0.39, 0.29) is 18.3 Å². The molecule has 1 amide bonds. The van der Waals surface area contributed by atoms with Gasteiger partial charge >= 0.3 is 0 Å². The predicted molar refractivity (Wildman–Crippen MR) is 110 cm³/mol. The van der Waals surface area contributed by atoms with Crippen LogP contribution in [0.2, 0.25) is 0 Å². The Hall–Kier alpha value is -3.39. The molecule has 0 unspecified atom stereocenters. The third kappa shape index (κ3) is 4.29. The molecule has 7 nitrogen and oxygen atoms in total. The average molecular weight is 435 g/mol. The average Bonchev–Trinajstić information content (AvgIpc) is 2.73. The number of nitrogens with zero attached hydrogens (tertiary/aromatic N) is 4. The number of benzene rings is 2. The number of hydrogen-bond donors (Lipinski definition) is 2. The topological polar surface area (TPSA) is 92.7 Å². The van der Waals surface area contributed by atoms with Gasteiger partial charge < -0.3 is 0 Å². The Morgan fingerprint density at radius 3 is 2.64 bits per heavy atom. The molecule has 0 saturated carbocycles. The van der Waals surface area contributed by atoms with Crippen LogP contribution in [0.25, 0.3) is 22.2 Å². The van der Waals surface area contributed by atoms with Gasteiger partial charge in [-0.1, -0.05) is 40.2 Å². The molecule has 0 bridgehead atoms. The van der Waals surface area contributed by atoms with E-state index in [1.165, 1.54) is 0 Å². The first-order chi connectivity index (χ1) is 13.7. The van der Waals surface area contributed by atoms with Gasteiger partial charge in [0.1, 0.15) is 5.69 Å². The standard InChI is InChI=1S/C20H15BrN6O/c21-16-6-4-14(5-7-16)18-12-23-20(26-24-18)27-25-19(28)11-13-3-8-17-15(10-13)2-1-9-22-17/h1-10,12H,11H2,(H,25,28)(H,23,26,27). The van der Waals surface area contributed by atoms with Gasteiger partial charge in [-0.05, 0) is 35.9 Å². The second-order valence-electron chi connectivity index (χ2n) is 6.05. The number of pyridine rings is 1. The van der Waals surface area contributed by atoms with Crippen molar-refractivity contribution >= 4 is 38.7 Å². The van der Waals surface area contributed by atoms with Crippen LogP contribution in [0.5, 0.6) is 0 Å². The highest BCUT2D eigenvalue weighted by atomic mass is 79.9. The van der Waals surface area contributed by atoms with Crippen molar-refractivity contribution in [3.8, 4) is 11.3 Å². The zero-order valence-electron chi connectivity index (χ0n) is 14.6. The van der Waals surface area contributed by atoms with E-state index in [4.69, 9.17) is 0 Å². The molecule has 8 heteroatoms. The Labute approximate surface area is 169 Å². The number of nitrogens with one attached hydrogen (secondary N) is 2. The van der Waals surface area contributed by atoms with Crippen molar-refractivity contribution in [2.45, 2.75) is 6.42 Å². The summed E-state index contributed by atoms with van der Waals surface area (Å²) in [6, 6.07) is 17.3. The Morgan fingerprint density at radius 2 is 1.86 bits per heavy atom. The largest absolute Gasteiger partial charge is 0.273 e. The first kappa shape index (κ1) is 18.0. The first-order valence-electron chi connectivity index (χ1n) is 8.51. The zero-order chi connectivity index (χ0) is 19.3. The fraction of sp³-hybridized carbons (Fsp3) is 0.0500. The molecule has 2 heterocycles. The Balaban J connectivity index is 1.35. The van der Waals surface area contributed by atoms with Gasteiger partial charge in [-0.25, -0.2) is 4.98 Å². The van der Waals surface area contributed by atoms with Gasteiger partial charge in [-0.15, -0.1) is 10.2 Å². The molecule has 4 aromatic rings. The molecule has 138 valence electrons. The summed E-state index contributed by atoms with van der Waals surface area (Å²) < 4.78 is 0.987. The van der Waals surface area contributed by atoms with Gasteiger partial charge in [0, 0.05) is 21.6 Å². The second kappa shape index (κ2) is 8.10. The van der Waals surface area contributed by atoms with E-state index in [9.17, 15) is 4.79 Å². The molecule has 4 rings (SSSR count). The molecule has 0 atom stereocenters. The summed E-state index contributed by atoms with van der Waals surface area (Å²) in [6.45, 7) is 0. The number of amides is 1. The van der Waals surface area contributed by atoms with Crippen LogP contribution in [-0.2, 0) is 11.2 Å². The summed E-state index contributed by atoms with van der Waals surface area (Å²) >= 11 is 3.39. The maximum atomic E-state index is 12.2. The molecule has 28 heavy (non-hydrogen) atoms. The van der Waals surface area contributed by atoms with Crippen LogP contribution in [0, 0.1) is 0 Å². The Morgan fingerprint density at radius 1 is 1.00 bits per heavy atom. The second-order valence-corrected chi connectivity index (χ2v) is 6.97. The SMILES string of the molecule is O=C(Cc1ccc2ncccc2c1)NNc1ncc(-c2ccc(Br)cc2)nn1. The zero-order valence-corrected chi connectivity index (χ0v) is 16.2. The van der Waals surface area contributed by atoms with Crippen molar-refractivity contribution in [1.29, 1.82) is 0 Å². The number of anilines is 1. The van der Waals surface area contributed by atoms with Crippen molar-refractivity contribution in [3.05, 3.63) is 77.0 Å². The minimum Gasteiger partial charge on any atom is -0.273 e. The molecule has 2 N–H and O–H groups in total. The number of carbonyl (C=O) groups excluding carboxylic acids is 1. The molecule has 2 aromatic carbocycles. The van der Waals surface area contributed by atoms with E-state index >= 15 is 0 Å². The van der Waals surface area contributed by atoms with Crippen molar-refractivity contribution < 1.29 is 4.79 Å². The van der Waals surface area contributed by atoms with E-state index in [1.54, 1.807) is 12.4 Å². The molecular formula is C20H15BrN6O. The molecular weight excluding hydrogens is 420 g/mol. The molecule has 0 aliphatic carbocycles. The van der Waals surface area contributed by atoms with E-state index in [0.29, 0.717) is 5.69 Å². The van der Waals surface area contributed by atoms with Crippen molar-refractivity contribution in [1.82, 2.24) is 25.6 Å². The maximum Gasteiger partial charge on any atom is 0.261 e. The normalized spacial score (nSPS) is 10.6. The number of rotatable bonds is 5. The molecule has 0 aliphatic rings. The third-order valence-corrected chi connectivity index (χ3v) is 4.58. The van der Waals surface area contributed by atoms with Crippen LogP contribution < -0.4 is 10.9 Å². The highest BCUT2D eigenvalue weighted by Gasteiger charge is 2.06. The number of hydrazine groups is 1. The van der Waals surface area contributed by atoms with E-state index in [2.05, 4.69) is 46.9 Å². The Kier molecular flexibility index (Phi) is 5.20. The van der Waals surface area contributed by atoms with Crippen LogP contribution >= 0.6 is 15.9 Å². The molecule has 0 saturated heterocycles. The lowest BCUT2D eigenvalue weighted by Crippen LogP contribution is -2.31. The number of halogens is 1. The fourth-order valence-electron chi connectivity index (χ4n) is 2.68. The van der Waals surface area contributed by atoms with E-state index in [0.717, 1.165) is 26.5 Å². The summed E-state index contributed by atoms with van der Waals surface area (Å²) in [4.78, 5) is 20.6. The van der Waals surface area contributed by atoms with E-state index in [1.807, 2.05) is 54.6 Å². The first-order valence-corrected chi connectivity index (χ1v) is 9.31. The minimum atomic E-state index is -0.205. The molecule has 0 aliphatic heterocycles. The monoisotopic (exact) mass is 434 g/mol. The summed E-state index contributed by atoms with van der Waals surface area (Å²) in [7, 11) is 0. The van der Waals surface area contributed by atoms with Gasteiger partial charge in [0.2, 0.25) is 5.91 Å². The summed E-state index contributed by atoms with van der Waals surface area (Å²) in [5, 5.41) is 9.11. The smallest absolute Gasteiger partial charge is 0.261 e. The van der Waals surface area contributed by atoms with Crippen LogP contribution in [0.3, 0.4) is 0 Å². The molecule has 0 radical (unpaired) electrons. The summed E-state index contributed by atoms with van der Waals surface area (Å²) in [5.74, 6) is 0.0146. The predicted octanol–water partition coefficient (Wildman–Crippen LogP) is 3.54. The fourth-order valence-corrected chi connectivity index (χ4v) is 2.94. The Bertz CT molecular complexity index is 1120. The van der Waals surface area contributed by atoms with Crippen LogP contribution in [-0.4, -0.2) is 26.1 Å². The van der Waals surface area contributed by atoms with Crippen LogP contribution in [0.15, 0.2) is 71.5 Å². The van der Waals surface area contributed by atoms with Crippen molar-refractivity contribution in [2.24, 2.45) is 0 Å². The number of hydrogen-bond acceptors (Lipinski definition) is 6. The summed E-state index contributed by atoms with van der Waals surface area (Å²) in [5.41, 5.74) is 8.62. The lowest BCUT2D eigenvalue weighted by atomic mass is 10.1. The van der Waals surface area contributed by atoms with Gasteiger partial charge in [0.05, 0.1) is 18.1 Å². The van der Waals surface area contributed by atoms with Gasteiger partial charge in [0.25, 0.3) is 5.95 Å². The lowest BCUT2D eigenvalue weighted by molar-refractivity contribution is -0.119. The number of aromatic nitrogens is 4. The third-order valence-electron chi connectivity index (χ3n) is 4.05. The van der Waals surface area contributed by atoms with Crippen LogP contribution in [0.1, 0.15) is 5.56 Å². The van der Waals surface area contributed by atoms with E-state index < -0.39 is 0 Å². The van der Waals surface area contributed by atoms with Gasteiger partial charge in [-0.2, -0.15) is 0 Å². The molecule has 2 aromatic heterocycles. The number of fused-ring (bicyclic) bond motifs is 1.